The molecule has 2 aromatic rings. The molecule has 12 heteroatoms. The summed E-state index contributed by atoms with van der Waals surface area (Å²) in [6, 6.07) is 5.00. The summed E-state index contributed by atoms with van der Waals surface area (Å²) in [4.78, 5) is 15.2. The molecular formula is C19H21F4N3O5. The van der Waals surface area contributed by atoms with Gasteiger partial charge < -0.3 is 19.1 Å². The van der Waals surface area contributed by atoms with E-state index in [1.807, 2.05) is 13.0 Å². The minimum Gasteiger partial charge on any atom is -0.475 e. The number of rotatable bonds is 4. The van der Waals surface area contributed by atoms with Gasteiger partial charge in [-0.25, -0.2) is 14.2 Å². The Morgan fingerprint density at radius 2 is 2.13 bits per heavy atom. The number of hydrogen-bond acceptors (Lipinski definition) is 7. The van der Waals surface area contributed by atoms with Crippen molar-refractivity contribution in [1.29, 1.82) is 0 Å². The lowest BCUT2D eigenvalue weighted by Gasteiger charge is -2.30. The molecule has 2 fully saturated rings. The molecule has 1 aliphatic heterocycles. The van der Waals surface area contributed by atoms with E-state index in [0.717, 1.165) is 30.8 Å². The number of alkyl halides is 3. The van der Waals surface area contributed by atoms with Gasteiger partial charge in [0, 0.05) is 31.4 Å². The number of carboxylic acid groups (broad SMARTS) is 1. The lowest BCUT2D eigenvalue weighted by Crippen LogP contribution is -2.44. The fourth-order valence-electron chi connectivity index (χ4n) is 3.61. The molecule has 2 aliphatic rings. The normalized spacial score (nSPS) is 23.6. The van der Waals surface area contributed by atoms with Crippen LogP contribution in [-0.4, -0.2) is 63.7 Å². The van der Waals surface area contributed by atoms with Crippen LogP contribution in [0.15, 0.2) is 28.9 Å². The van der Waals surface area contributed by atoms with Crippen LogP contribution in [0.2, 0.25) is 0 Å². The van der Waals surface area contributed by atoms with Crippen LogP contribution in [-0.2, 0) is 16.1 Å². The maximum Gasteiger partial charge on any atom is 0.490 e. The highest BCUT2D eigenvalue weighted by Crippen LogP contribution is 2.33. The SMILES string of the molecule is Cc1cc(CN2CCOC3CCC2C3Oc2ncccc2F)no1.O=C(O)C(F)(F)F. The Labute approximate surface area is 174 Å². The van der Waals surface area contributed by atoms with Gasteiger partial charge in [-0.2, -0.15) is 13.2 Å². The summed E-state index contributed by atoms with van der Waals surface area (Å²) >= 11 is 0. The van der Waals surface area contributed by atoms with Gasteiger partial charge >= 0.3 is 12.1 Å². The fourth-order valence-corrected chi connectivity index (χ4v) is 3.61. The second-order valence-corrected chi connectivity index (χ2v) is 7.13. The predicted octanol–water partition coefficient (Wildman–Crippen LogP) is 2.96. The van der Waals surface area contributed by atoms with Gasteiger partial charge in [-0.1, -0.05) is 5.16 Å². The molecule has 8 nitrogen and oxygen atoms in total. The number of aryl methyl sites for hydroxylation is 1. The number of pyridine rings is 1. The Bertz CT molecular complexity index is 891. The number of carbonyl (C=O) groups is 1. The monoisotopic (exact) mass is 447 g/mol. The number of carboxylic acids is 1. The molecule has 1 saturated carbocycles. The zero-order valence-electron chi connectivity index (χ0n) is 16.5. The van der Waals surface area contributed by atoms with Gasteiger partial charge in [0.25, 0.3) is 5.88 Å². The van der Waals surface area contributed by atoms with Crippen molar-refractivity contribution in [2.24, 2.45) is 0 Å². The highest BCUT2D eigenvalue weighted by Gasteiger charge is 2.44. The largest absolute Gasteiger partial charge is 0.490 e. The number of ether oxygens (including phenoxy) is 2. The molecule has 2 aromatic heterocycles. The number of aromatic nitrogens is 2. The highest BCUT2D eigenvalue weighted by atomic mass is 19.4. The van der Waals surface area contributed by atoms with Gasteiger partial charge in [0.15, 0.2) is 5.82 Å². The zero-order chi connectivity index (χ0) is 22.6. The summed E-state index contributed by atoms with van der Waals surface area (Å²) in [6.07, 6.45) is -1.96. The van der Waals surface area contributed by atoms with Crippen LogP contribution in [0.3, 0.4) is 0 Å². The molecule has 3 atom stereocenters. The number of hydrogen-bond donors (Lipinski definition) is 1. The van der Waals surface area contributed by atoms with E-state index in [-0.39, 0.29) is 24.1 Å². The molecule has 1 aliphatic carbocycles. The van der Waals surface area contributed by atoms with Crippen LogP contribution >= 0.6 is 0 Å². The van der Waals surface area contributed by atoms with Gasteiger partial charge in [-0.05, 0) is 31.9 Å². The van der Waals surface area contributed by atoms with Crippen molar-refractivity contribution >= 4 is 5.97 Å². The quantitative estimate of drug-likeness (QED) is 0.715. The highest BCUT2D eigenvalue weighted by molar-refractivity contribution is 5.73. The Balaban J connectivity index is 0.000000339. The number of nitrogens with zero attached hydrogens (tertiary/aromatic N) is 3. The van der Waals surface area contributed by atoms with E-state index in [1.165, 1.54) is 12.3 Å². The molecule has 4 rings (SSSR count). The fraction of sp³-hybridized carbons (Fsp3) is 0.526. The molecular weight excluding hydrogens is 426 g/mol. The third kappa shape index (κ3) is 5.91. The van der Waals surface area contributed by atoms with Crippen molar-refractivity contribution in [2.75, 3.05) is 13.2 Å². The van der Waals surface area contributed by atoms with Crippen LogP contribution in [0, 0.1) is 12.7 Å². The van der Waals surface area contributed by atoms with Gasteiger partial charge in [-0.3, -0.25) is 4.90 Å². The number of fused-ring (bicyclic) bond motifs is 2. The lowest BCUT2D eigenvalue weighted by atomic mass is 10.1. The minimum atomic E-state index is -5.08. The van der Waals surface area contributed by atoms with Crippen molar-refractivity contribution in [3.63, 3.8) is 0 Å². The van der Waals surface area contributed by atoms with E-state index in [4.69, 9.17) is 23.9 Å². The van der Waals surface area contributed by atoms with E-state index in [1.54, 1.807) is 6.07 Å². The van der Waals surface area contributed by atoms with Gasteiger partial charge in [0.1, 0.15) is 11.9 Å². The van der Waals surface area contributed by atoms with E-state index in [2.05, 4.69) is 15.0 Å². The first-order chi connectivity index (χ1) is 14.6. The van der Waals surface area contributed by atoms with Crippen molar-refractivity contribution < 1.29 is 41.5 Å². The molecule has 170 valence electrons. The second kappa shape index (κ2) is 9.60. The molecule has 1 N–H and O–H groups in total. The van der Waals surface area contributed by atoms with Crippen LogP contribution in [0.4, 0.5) is 17.6 Å². The van der Waals surface area contributed by atoms with Gasteiger partial charge in [0.05, 0.1) is 18.4 Å². The van der Waals surface area contributed by atoms with E-state index >= 15 is 0 Å². The second-order valence-electron chi connectivity index (χ2n) is 7.13. The molecule has 3 heterocycles. The van der Waals surface area contributed by atoms with Crippen molar-refractivity contribution in [2.45, 2.75) is 50.7 Å². The van der Waals surface area contributed by atoms with Crippen LogP contribution < -0.4 is 4.74 Å². The minimum absolute atomic E-state index is 0.0274. The van der Waals surface area contributed by atoms with Crippen molar-refractivity contribution in [1.82, 2.24) is 15.0 Å². The molecule has 1 saturated heterocycles. The van der Waals surface area contributed by atoms with Crippen molar-refractivity contribution in [3.8, 4) is 5.88 Å². The Morgan fingerprint density at radius 3 is 2.74 bits per heavy atom. The Morgan fingerprint density at radius 1 is 1.39 bits per heavy atom. The third-order valence-electron chi connectivity index (χ3n) is 4.93. The van der Waals surface area contributed by atoms with Gasteiger partial charge in [0.2, 0.25) is 0 Å². The van der Waals surface area contributed by atoms with E-state index in [9.17, 15) is 17.6 Å². The molecule has 2 bridgehead atoms. The number of aliphatic carboxylic acids is 1. The summed E-state index contributed by atoms with van der Waals surface area (Å²) in [6.45, 7) is 3.96. The maximum absolute atomic E-state index is 13.9. The lowest BCUT2D eigenvalue weighted by molar-refractivity contribution is -0.192. The molecule has 0 spiro atoms. The summed E-state index contributed by atoms with van der Waals surface area (Å²) in [5.41, 5.74) is 0.889. The molecule has 0 amide bonds. The maximum atomic E-state index is 13.9. The Kier molecular flexibility index (Phi) is 7.11. The average Bonchev–Trinajstić information content (AvgIpc) is 3.23. The Hall–Kier alpha value is -2.73. The molecule has 31 heavy (non-hydrogen) atoms. The predicted molar refractivity (Wildman–Crippen MR) is 96.7 cm³/mol. The molecule has 3 unspecified atom stereocenters. The van der Waals surface area contributed by atoms with Crippen LogP contribution in [0.1, 0.15) is 24.3 Å². The first kappa shape index (κ1) is 22.9. The molecule has 0 aromatic carbocycles. The molecule has 0 radical (unpaired) electrons. The topological polar surface area (TPSA) is 97.9 Å². The van der Waals surface area contributed by atoms with Gasteiger partial charge in [-0.15, -0.1) is 0 Å². The average molecular weight is 447 g/mol. The van der Waals surface area contributed by atoms with E-state index < -0.39 is 18.0 Å². The summed E-state index contributed by atoms with van der Waals surface area (Å²) in [5, 5.41) is 11.2. The standard InChI is InChI=1S/C17H20FN3O3.C2HF3O2/c1-11-9-12(20-24-11)10-21-7-8-22-15-5-4-14(21)16(15)23-17-13(18)3-2-6-19-17;3-2(4,5)1(6)7/h2-3,6,9,14-16H,4-5,7-8,10H2,1H3;(H,6,7). The summed E-state index contributed by atoms with van der Waals surface area (Å²) < 4.78 is 62.7. The van der Waals surface area contributed by atoms with Crippen LogP contribution in [0.25, 0.3) is 0 Å². The smallest absolute Gasteiger partial charge is 0.475 e. The van der Waals surface area contributed by atoms with Crippen LogP contribution in [0.5, 0.6) is 5.88 Å². The summed E-state index contributed by atoms with van der Waals surface area (Å²) in [5.74, 6) is -2.36. The zero-order valence-corrected chi connectivity index (χ0v) is 16.5. The first-order valence-electron chi connectivity index (χ1n) is 9.50. The number of halogens is 4. The first-order valence-corrected chi connectivity index (χ1v) is 9.50. The van der Waals surface area contributed by atoms with Crippen molar-refractivity contribution in [3.05, 3.63) is 41.7 Å². The summed E-state index contributed by atoms with van der Waals surface area (Å²) in [7, 11) is 0. The van der Waals surface area contributed by atoms with E-state index in [0.29, 0.717) is 13.2 Å². The third-order valence-corrected chi connectivity index (χ3v) is 4.93.